The summed E-state index contributed by atoms with van der Waals surface area (Å²) >= 11 is 3.68. The molecule has 0 aromatic heterocycles. The highest BCUT2D eigenvalue weighted by Crippen LogP contribution is 2.25. The van der Waals surface area contributed by atoms with E-state index in [1.165, 1.54) is 29.3 Å². The van der Waals surface area contributed by atoms with E-state index in [1.807, 2.05) is 0 Å². The van der Waals surface area contributed by atoms with Crippen LogP contribution in [0, 0.1) is 11.8 Å². The molecule has 0 saturated carbocycles. The fourth-order valence-corrected chi connectivity index (χ4v) is 3.23. The molecule has 1 rings (SSSR count). The lowest BCUT2D eigenvalue weighted by Crippen LogP contribution is -2.28. The Hall–Kier alpha value is -0.380. The van der Waals surface area contributed by atoms with Gasteiger partial charge in [-0.3, -0.25) is 0 Å². The maximum atomic E-state index is 5.11. The molecule has 3 heteroatoms. The van der Waals surface area contributed by atoms with Crippen molar-refractivity contribution >= 4 is 15.9 Å². The van der Waals surface area contributed by atoms with E-state index in [4.69, 9.17) is 4.74 Å². The van der Waals surface area contributed by atoms with E-state index < -0.39 is 0 Å². The lowest BCUT2D eigenvalue weighted by Gasteiger charge is -2.23. The second kappa shape index (κ2) is 11.2. The van der Waals surface area contributed by atoms with Gasteiger partial charge in [0.05, 0.1) is 6.61 Å². The standard InChI is InChI=1S/C18H30BrNO/c1-4-15(5-2)12-16(14-20-10-11-21-3)13-17-8-6-7-9-18(17)19/h6-9,15-16,20H,4-5,10-14H2,1-3H3. The number of hydrogen-bond donors (Lipinski definition) is 1. The van der Waals surface area contributed by atoms with Gasteiger partial charge in [-0.25, -0.2) is 0 Å². The summed E-state index contributed by atoms with van der Waals surface area (Å²) in [5, 5.41) is 3.54. The highest BCUT2D eigenvalue weighted by Gasteiger charge is 2.15. The first-order valence-corrected chi connectivity index (χ1v) is 8.93. The first kappa shape index (κ1) is 18.7. The van der Waals surface area contributed by atoms with Gasteiger partial charge in [-0.05, 0) is 42.9 Å². The number of halogens is 1. The number of rotatable bonds is 11. The molecule has 120 valence electrons. The number of nitrogens with one attached hydrogen (secondary N) is 1. The minimum atomic E-state index is 0.686. The van der Waals surface area contributed by atoms with Gasteiger partial charge in [0, 0.05) is 18.1 Å². The van der Waals surface area contributed by atoms with Crippen LogP contribution in [0.3, 0.4) is 0 Å². The normalized spacial score (nSPS) is 12.8. The molecule has 1 N–H and O–H groups in total. The van der Waals surface area contributed by atoms with Crippen molar-refractivity contribution in [2.75, 3.05) is 26.8 Å². The molecular weight excluding hydrogens is 326 g/mol. The Kier molecular flexibility index (Phi) is 9.98. The molecule has 2 nitrogen and oxygen atoms in total. The molecule has 0 spiro atoms. The number of ether oxygens (including phenoxy) is 1. The molecule has 1 unspecified atom stereocenters. The summed E-state index contributed by atoms with van der Waals surface area (Å²) in [7, 11) is 1.75. The van der Waals surface area contributed by atoms with Crippen molar-refractivity contribution < 1.29 is 4.74 Å². The van der Waals surface area contributed by atoms with Crippen LogP contribution in [0.25, 0.3) is 0 Å². The van der Waals surface area contributed by atoms with E-state index in [9.17, 15) is 0 Å². The monoisotopic (exact) mass is 355 g/mol. The third-order valence-electron chi connectivity index (χ3n) is 4.20. The van der Waals surface area contributed by atoms with Crippen LogP contribution >= 0.6 is 15.9 Å². The zero-order valence-electron chi connectivity index (χ0n) is 13.7. The Morgan fingerprint density at radius 1 is 1.14 bits per heavy atom. The fourth-order valence-electron chi connectivity index (χ4n) is 2.79. The second-order valence-electron chi connectivity index (χ2n) is 5.78. The molecule has 0 amide bonds. The summed E-state index contributed by atoms with van der Waals surface area (Å²) in [6.07, 6.45) is 4.99. The minimum absolute atomic E-state index is 0.686. The molecule has 0 aliphatic rings. The summed E-state index contributed by atoms with van der Waals surface area (Å²) in [6.45, 7) is 7.41. The van der Waals surface area contributed by atoms with Crippen molar-refractivity contribution in [3.63, 3.8) is 0 Å². The van der Waals surface area contributed by atoms with Gasteiger partial charge >= 0.3 is 0 Å². The maximum Gasteiger partial charge on any atom is 0.0587 e. The van der Waals surface area contributed by atoms with Crippen molar-refractivity contribution in [3.8, 4) is 0 Å². The van der Waals surface area contributed by atoms with Gasteiger partial charge in [-0.1, -0.05) is 60.8 Å². The van der Waals surface area contributed by atoms with E-state index >= 15 is 0 Å². The zero-order chi connectivity index (χ0) is 15.5. The summed E-state index contributed by atoms with van der Waals surface area (Å²) < 4.78 is 6.35. The molecule has 0 radical (unpaired) electrons. The van der Waals surface area contributed by atoms with Gasteiger partial charge in [0.25, 0.3) is 0 Å². The van der Waals surface area contributed by atoms with E-state index in [0.717, 1.165) is 32.0 Å². The van der Waals surface area contributed by atoms with Crippen LogP contribution in [0.1, 0.15) is 38.7 Å². The number of methoxy groups -OCH3 is 1. The van der Waals surface area contributed by atoms with Gasteiger partial charge in [0.1, 0.15) is 0 Å². The molecule has 0 aliphatic heterocycles. The number of benzene rings is 1. The molecule has 0 fully saturated rings. The van der Waals surface area contributed by atoms with Gasteiger partial charge in [0.2, 0.25) is 0 Å². The summed E-state index contributed by atoms with van der Waals surface area (Å²) in [6, 6.07) is 8.59. The van der Waals surface area contributed by atoms with Crippen LogP contribution in [0.2, 0.25) is 0 Å². The SMILES string of the molecule is CCC(CC)CC(CNCCOC)Cc1ccccc1Br. The van der Waals surface area contributed by atoms with Crippen LogP contribution in [0.4, 0.5) is 0 Å². The Balaban J connectivity index is 2.60. The fraction of sp³-hybridized carbons (Fsp3) is 0.667. The van der Waals surface area contributed by atoms with Crippen molar-refractivity contribution in [1.29, 1.82) is 0 Å². The summed E-state index contributed by atoms with van der Waals surface area (Å²) in [5.74, 6) is 1.52. The summed E-state index contributed by atoms with van der Waals surface area (Å²) in [4.78, 5) is 0. The highest BCUT2D eigenvalue weighted by molar-refractivity contribution is 9.10. The average Bonchev–Trinajstić information content (AvgIpc) is 2.50. The smallest absolute Gasteiger partial charge is 0.0587 e. The van der Waals surface area contributed by atoms with Crippen LogP contribution in [0.5, 0.6) is 0 Å². The van der Waals surface area contributed by atoms with E-state index in [1.54, 1.807) is 7.11 Å². The van der Waals surface area contributed by atoms with Crippen molar-refractivity contribution in [1.82, 2.24) is 5.32 Å². The largest absolute Gasteiger partial charge is 0.383 e. The van der Waals surface area contributed by atoms with Crippen molar-refractivity contribution in [3.05, 3.63) is 34.3 Å². The van der Waals surface area contributed by atoms with Crippen molar-refractivity contribution in [2.45, 2.75) is 39.5 Å². The Morgan fingerprint density at radius 2 is 1.86 bits per heavy atom. The predicted molar refractivity (Wildman–Crippen MR) is 94.8 cm³/mol. The van der Waals surface area contributed by atoms with Crippen LogP contribution in [0.15, 0.2) is 28.7 Å². The topological polar surface area (TPSA) is 21.3 Å². The third kappa shape index (κ3) is 7.44. The Bertz CT molecular complexity index is 379. The van der Waals surface area contributed by atoms with Gasteiger partial charge in [0.15, 0.2) is 0 Å². The molecule has 1 aromatic rings. The minimum Gasteiger partial charge on any atom is -0.383 e. The maximum absolute atomic E-state index is 5.11. The Labute approximate surface area is 138 Å². The molecule has 0 saturated heterocycles. The van der Waals surface area contributed by atoms with Crippen LogP contribution in [-0.4, -0.2) is 26.8 Å². The summed E-state index contributed by atoms with van der Waals surface area (Å²) in [5.41, 5.74) is 1.42. The first-order chi connectivity index (χ1) is 10.2. The Morgan fingerprint density at radius 3 is 2.48 bits per heavy atom. The molecule has 0 bridgehead atoms. The lowest BCUT2D eigenvalue weighted by atomic mass is 9.86. The van der Waals surface area contributed by atoms with Gasteiger partial charge in [-0.2, -0.15) is 0 Å². The van der Waals surface area contributed by atoms with E-state index in [2.05, 4.69) is 59.4 Å². The molecule has 21 heavy (non-hydrogen) atoms. The van der Waals surface area contributed by atoms with Gasteiger partial charge in [-0.15, -0.1) is 0 Å². The van der Waals surface area contributed by atoms with Gasteiger partial charge < -0.3 is 10.1 Å². The second-order valence-corrected chi connectivity index (χ2v) is 6.63. The quantitative estimate of drug-likeness (QED) is 0.582. The van der Waals surface area contributed by atoms with Crippen LogP contribution in [-0.2, 0) is 11.2 Å². The van der Waals surface area contributed by atoms with E-state index in [-0.39, 0.29) is 0 Å². The molecule has 0 aliphatic carbocycles. The predicted octanol–water partition coefficient (Wildman–Crippen LogP) is 4.67. The van der Waals surface area contributed by atoms with Crippen LogP contribution < -0.4 is 5.32 Å². The molecule has 1 aromatic carbocycles. The lowest BCUT2D eigenvalue weighted by molar-refractivity contribution is 0.196. The third-order valence-corrected chi connectivity index (χ3v) is 4.98. The molecular formula is C18H30BrNO. The van der Waals surface area contributed by atoms with Crippen molar-refractivity contribution in [2.24, 2.45) is 11.8 Å². The average molecular weight is 356 g/mol. The van der Waals surface area contributed by atoms with E-state index in [0.29, 0.717) is 5.92 Å². The molecule has 1 atom stereocenters. The first-order valence-electron chi connectivity index (χ1n) is 8.14. The number of hydrogen-bond acceptors (Lipinski definition) is 2. The molecule has 0 heterocycles. The highest BCUT2D eigenvalue weighted by atomic mass is 79.9. The zero-order valence-corrected chi connectivity index (χ0v) is 15.3.